The van der Waals surface area contributed by atoms with E-state index in [0.29, 0.717) is 5.45 Å². The molecule has 56 valence electrons. The number of nitrogens with one attached hydrogen (secondary N) is 1. The molecule has 1 unspecified atom stereocenters. The van der Waals surface area contributed by atoms with Crippen molar-refractivity contribution >= 4 is 38.2 Å². The van der Waals surface area contributed by atoms with E-state index in [1.54, 1.807) is 0 Å². The summed E-state index contributed by atoms with van der Waals surface area (Å²) in [5, 5.41) is 2.01. The van der Waals surface area contributed by atoms with E-state index in [0.717, 1.165) is 0 Å². The van der Waals surface area contributed by atoms with Gasteiger partial charge in [0.05, 0.1) is 11.3 Å². The van der Waals surface area contributed by atoms with Crippen LogP contribution in [0.1, 0.15) is 0 Å². The second-order valence-electron chi connectivity index (χ2n) is 1.29. The van der Waals surface area contributed by atoms with Crippen LogP contribution in [-0.4, -0.2) is 25.1 Å². The molecule has 0 aliphatic heterocycles. The Morgan fingerprint density at radius 2 is 2.22 bits per heavy atom. The molecule has 0 saturated carbocycles. The predicted octanol–water partition coefficient (Wildman–Crippen LogP) is 0.105. The van der Waals surface area contributed by atoms with E-state index in [2.05, 4.69) is 21.2 Å². The molecule has 0 aromatic heterocycles. The summed E-state index contributed by atoms with van der Waals surface area (Å²) in [6.07, 6.45) is 0. The first-order chi connectivity index (χ1) is 4.22. The molecule has 0 heterocycles. The van der Waals surface area contributed by atoms with Crippen molar-refractivity contribution in [1.82, 2.24) is 5.32 Å². The van der Waals surface area contributed by atoms with Gasteiger partial charge in [-0.2, -0.15) is 0 Å². The van der Waals surface area contributed by atoms with E-state index in [1.165, 1.54) is 0 Å². The second kappa shape index (κ2) is 5.46. The van der Waals surface area contributed by atoms with Crippen LogP contribution < -0.4 is 5.32 Å². The van der Waals surface area contributed by atoms with Crippen LogP contribution >= 0.6 is 27.5 Å². The summed E-state index contributed by atoms with van der Waals surface area (Å²) in [5.74, 6) is 0.0876. The summed E-state index contributed by atoms with van der Waals surface area (Å²) in [5.41, 5.74) is 0.438. The van der Waals surface area contributed by atoms with Gasteiger partial charge in [-0.15, -0.1) is 11.6 Å². The zero-order chi connectivity index (χ0) is 7.28. The van der Waals surface area contributed by atoms with Crippen molar-refractivity contribution in [3.8, 4) is 0 Å². The fourth-order valence-electron chi connectivity index (χ4n) is 0.274. The lowest BCUT2D eigenvalue weighted by Gasteiger charge is -2.03. The van der Waals surface area contributed by atoms with Gasteiger partial charge in [0.15, 0.2) is 10.7 Å². The summed E-state index contributed by atoms with van der Waals surface area (Å²) in [4.78, 5) is 0. The first kappa shape index (κ1) is 9.68. The lowest BCUT2D eigenvalue weighted by atomic mass is 10.7. The van der Waals surface area contributed by atoms with E-state index in [9.17, 15) is 8.42 Å². The Balaban J connectivity index is 3.68. The highest BCUT2D eigenvalue weighted by molar-refractivity contribution is 9.09. The van der Waals surface area contributed by atoms with Crippen LogP contribution in [0, 0.1) is 0 Å². The maximum Gasteiger partial charge on any atom is 0.157 e. The minimum Gasteiger partial charge on any atom is -0.291 e. The van der Waals surface area contributed by atoms with E-state index in [1.807, 2.05) is 0 Å². The van der Waals surface area contributed by atoms with E-state index in [4.69, 9.17) is 11.6 Å². The SMILES string of the molecule is O=[SH](=O)C(CCl)NCBr. The molecular formula is C3H7BrClNO2S. The third-order valence-electron chi connectivity index (χ3n) is 0.713. The van der Waals surface area contributed by atoms with Gasteiger partial charge in [-0.25, -0.2) is 8.42 Å². The quantitative estimate of drug-likeness (QED) is 0.414. The van der Waals surface area contributed by atoms with Crippen molar-refractivity contribution in [2.24, 2.45) is 0 Å². The number of hydrogen-bond donors (Lipinski definition) is 2. The van der Waals surface area contributed by atoms with Crippen molar-refractivity contribution in [2.75, 3.05) is 11.3 Å². The maximum absolute atomic E-state index is 10.2. The molecule has 0 aromatic rings. The molecule has 0 fully saturated rings. The summed E-state index contributed by atoms with van der Waals surface area (Å²) >= 11 is 8.30. The molecule has 0 saturated heterocycles. The molecule has 1 N–H and O–H groups in total. The molecule has 0 rings (SSSR count). The number of halogens is 2. The molecule has 0 aromatic carbocycles. The molecule has 6 heteroatoms. The van der Waals surface area contributed by atoms with E-state index >= 15 is 0 Å². The van der Waals surface area contributed by atoms with E-state index in [-0.39, 0.29) is 5.88 Å². The standard InChI is InChI=1S/C3H7BrClNO2S/c4-2-6-3(1-5)9(7)8/h3,6,9H,1-2H2. The Bertz CT molecular complexity index is 132. The van der Waals surface area contributed by atoms with Crippen LogP contribution in [-0.2, 0) is 10.7 Å². The lowest BCUT2D eigenvalue weighted by Crippen LogP contribution is -2.30. The van der Waals surface area contributed by atoms with Crippen molar-refractivity contribution in [2.45, 2.75) is 5.37 Å². The van der Waals surface area contributed by atoms with Gasteiger partial charge >= 0.3 is 0 Å². The molecule has 9 heavy (non-hydrogen) atoms. The van der Waals surface area contributed by atoms with Crippen LogP contribution in [0.5, 0.6) is 0 Å². The highest BCUT2D eigenvalue weighted by atomic mass is 79.9. The molecule has 0 aliphatic rings. The van der Waals surface area contributed by atoms with E-state index < -0.39 is 16.1 Å². The third kappa shape index (κ3) is 4.13. The van der Waals surface area contributed by atoms with Gasteiger partial charge in [-0.3, -0.25) is 5.32 Å². The van der Waals surface area contributed by atoms with Gasteiger partial charge in [0.2, 0.25) is 0 Å². The second-order valence-corrected chi connectivity index (χ2v) is 3.36. The average molecular weight is 237 g/mol. The molecule has 1 atom stereocenters. The Morgan fingerprint density at radius 3 is 2.33 bits per heavy atom. The van der Waals surface area contributed by atoms with Crippen LogP contribution in [0.15, 0.2) is 0 Å². The largest absolute Gasteiger partial charge is 0.291 e. The molecular weight excluding hydrogens is 229 g/mol. The van der Waals surface area contributed by atoms with Crippen molar-refractivity contribution in [3.05, 3.63) is 0 Å². The third-order valence-corrected chi connectivity index (χ3v) is 2.44. The van der Waals surface area contributed by atoms with Crippen LogP contribution in [0.25, 0.3) is 0 Å². The Kier molecular flexibility index (Phi) is 5.88. The van der Waals surface area contributed by atoms with Gasteiger partial charge in [0.25, 0.3) is 0 Å². The fraction of sp³-hybridized carbons (Fsp3) is 1.00. The summed E-state index contributed by atoms with van der Waals surface area (Å²) in [6, 6.07) is 0. The predicted molar refractivity (Wildman–Crippen MR) is 41.8 cm³/mol. The van der Waals surface area contributed by atoms with Gasteiger partial charge in [-0.1, -0.05) is 15.9 Å². The normalized spacial score (nSPS) is 14.1. The number of thiol groups is 1. The number of rotatable bonds is 4. The summed E-state index contributed by atoms with van der Waals surface area (Å²) in [7, 11) is -2.44. The Hall–Kier alpha value is 0.680. The minimum absolute atomic E-state index is 0.0876. The van der Waals surface area contributed by atoms with Crippen LogP contribution in [0.2, 0.25) is 0 Å². The Morgan fingerprint density at radius 1 is 1.67 bits per heavy atom. The molecule has 0 spiro atoms. The number of hydrogen-bond acceptors (Lipinski definition) is 3. The Labute approximate surface area is 68.8 Å². The molecule has 0 bridgehead atoms. The molecule has 0 aliphatic carbocycles. The van der Waals surface area contributed by atoms with Gasteiger partial charge in [-0.05, 0) is 0 Å². The van der Waals surface area contributed by atoms with Crippen LogP contribution in [0.3, 0.4) is 0 Å². The van der Waals surface area contributed by atoms with Gasteiger partial charge < -0.3 is 0 Å². The van der Waals surface area contributed by atoms with Gasteiger partial charge in [0, 0.05) is 0 Å². The number of alkyl halides is 2. The average Bonchev–Trinajstić information content (AvgIpc) is 1.82. The maximum atomic E-state index is 10.2. The monoisotopic (exact) mass is 235 g/mol. The zero-order valence-electron chi connectivity index (χ0n) is 4.51. The summed E-state index contributed by atoms with van der Waals surface area (Å²) in [6.45, 7) is 0. The molecule has 0 amide bonds. The fourth-order valence-corrected chi connectivity index (χ4v) is 1.72. The van der Waals surface area contributed by atoms with Crippen LogP contribution in [0.4, 0.5) is 0 Å². The first-order valence-corrected chi connectivity index (χ1v) is 5.11. The highest BCUT2D eigenvalue weighted by Crippen LogP contribution is 1.89. The first-order valence-electron chi connectivity index (χ1n) is 2.21. The van der Waals surface area contributed by atoms with Crippen molar-refractivity contribution in [3.63, 3.8) is 0 Å². The topological polar surface area (TPSA) is 46.2 Å². The summed E-state index contributed by atoms with van der Waals surface area (Å²) < 4.78 is 20.4. The minimum atomic E-state index is -2.44. The zero-order valence-corrected chi connectivity index (χ0v) is 7.75. The smallest absolute Gasteiger partial charge is 0.157 e. The lowest BCUT2D eigenvalue weighted by molar-refractivity contribution is 0.592. The van der Waals surface area contributed by atoms with Crippen molar-refractivity contribution < 1.29 is 8.42 Å². The van der Waals surface area contributed by atoms with Crippen molar-refractivity contribution in [1.29, 1.82) is 0 Å². The van der Waals surface area contributed by atoms with Gasteiger partial charge in [0.1, 0.15) is 5.37 Å². The highest BCUT2D eigenvalue weighted by Gasteiger charge is 2.05. The molecule has 3 nitrogen and oxygen atoms in total. The molecule has 0 radical (unpaired) electrons.